The van der Waals surface area contributed by atoms with Crippen molar-refractivity contribution in [3.63, 3.8) is 0 Å². The van der Waals surface area contributed by atoms with Gasteiger partial charge in [0.05, 0.1) is 5.41 Å². The van der Waals surface area contributed by atoms with E-state index in [2.05, 4.69) is 10.8 Å². The normalized spacial score (nSPS) is 27.2. The molecule has 0 radical (unpaired) electrons. The molecule has 15 heavy (non-hydrogen) atoms. The highest BCUT2D eigenvalue weighted by atomic mass is 16.4. The minimum absolute atomic E-state index is 0.561. The summed E-state index contributed by atoms with van der Waals surface area (Å²) in [5.74, 6) is 1.93. The average molecular weight is 209 g/mol. The second-order valence-electron chi connectivity index (χ2n) is 4.55. The first-order valence-electron chi connectivity index (χ1n) is 5.48. The molecule has 1 unspecified atom stereocenters. The Labute approximate surface area is 91.5 Å². The number of terminal acetylenes is 1. The number of carbonyl (C=O) groups is 1. The maximum absolute atomic E-state index is 11.1. The number of nitrogens with zero attached hydrogens (tertiary/aromatic N) is 1. The van der Waals surface area contributed by atoms with Crippen molar-refractivity contribution < 1.29 is 9.90 Å². The zero-order valence-corrected chi connectivity index (χ0v) is 9.33. The van der Waals surface area contributed by atoms with Crippen molar-refractivity contribution in [1.82, 2.24) is 4.90 Å². The topological polar surface area (TPSA) is 40.5 Å². The zero-order chi connectivity index (χ0) is 11.3. The van der Waals surface area contributed by atoms with E-state index in [1.54, 1.807) is 0 Å². The predicted octanol–water partition coefficient (Wildman–Crippen LogP) is 1.59. The molecule has 1 rings (SSSR count). The fourth-order valence-corrected chi connectivity index (χ4v) is 2.11. The molecule has 0 amide bonds. The van der Waals surface area contributed by atoms with E-state index in [9.17, 15) is 4.79 Å². The van der Waals surface area contributed by atoms with Gasteiger partial charge in [-0.1, -0.05) is 0 Å². The van der Waals surface area contributed by atoms with Crippen molar-refractivity contribution in [3.8, 4) is 12.3 Å². The molecular formula is C12H19NO2. The van der Waals surface area contributed by atoms with Crippen molar-refractivity contribution in [2.45, 2.75) is 32.6 Å². The number of aliphatic carboxylic acids is 1. The lowest BCUT2D eigenvalue weighted by atomic mass is 9.82. The first kappa shape index (κ1) is 12.1. The Hall–Kier alpha value is -1.01. The van der Waals surface area contributed by atoms with Crippen LogP contribution in [0.3, 0.4) is 0 Å². The molecule has 1 atom stereocenters. The van der Waals surface area contributed by atoms with E-state index in [-0.39, 0.29) is 0 Å². The van der Waals surface area contributed by atoms with Gasteiger partial charge >= 0.3 is 5.97 Å². The highest BCUT2D eigenvalue weighted by Gasteiger charge is 2.37. The fourth-order valence-electron chi connectivity index (χ4n) is 2.11. The molecule has 0 bridgehead atoms. The SMILES string of the molecule is C#CCCCN1CCCC(C)(C(=O)O)C1. The number of hydrogen-bond donors (Lipinski definition) is 1. The van der Waals surface area contributed by atoms with Gasteiger partial charge < -0.3 is 10.0 Å². The van der Waals surface area contributed by atoms with Crippen LogP contribution in [-0.2, 0) is 4.79 Å². The second-order valence-corrected chi connectivity index (χ2v) is 4.55. The third-order valence-corrected chi connectivity index (χ3v) is 3.09. The summed E-state index contributed by atoms with van der Waals surface area (Å²) in [4.78, 5) is 13.3. The van der Waals surface area contributed by atoms with Crippen molar-refractivity contribution in [2.24, 2.45) is 5.41 Å². The van der Waals surface area contributed by atoms with Gasteiger partial charge in [-0.3, -0.25) is 4.79 Å². The number of likely N-dealkylation sites (tertiary alicyclic amines) is 1. The van der Waals surface area contributed by atoms with Crippen LogP contribution < -0.4 is 0 Å². The van der Waals surface area contributed by atoms with Gasteiger partial charge in [-0.25, -0.2) is 0 Å². The smallest absolute Gasteiger partial charge is 0.310 e. The van der Waals surface area contributed by atoms with Crippen molar-refractivity contribution in [1.29, 1.82) is 0 Å². The van der Waals surface area contributed by atoms with Crippen LogP contribution in [0.5, 0.6) is 0 Å². The second kappa shape index (κ2) is 5.18. The molecule has 0 aromatic rings. The predicted molar refractivity (Wildman–Crippen MR) is 59.5 cm³/mol. The Kier molecular flexibility index (Phi) is 4.16. The summed E-state index contributed by atoms with van der Waals surface area (Å²) < 4.78 is 0. The summed E-state index contributed by atoms with van der Waals surface area (Å²) in [6.45, 7) is 4.43. The van der Waals surface area contributed by atoms with Crippen LogP contribution in [0, 0.1) is 17.8 Å². The molecule has 1 aliphatic heterocycles. The first-order chi connectivity index (χ1) is 7.08. The highest BCUT2D eigenvalue weighted by Crippen LogP contribution is 2.29. The van der Waals surface area contributed by atoms with E-state index >= 15 is 0 Å². The molecule has 1 aliphatic rings. The summed E-state index contributed by atoms with van der Waals surface area (Å²) in [6.07, 6.45) is 8.68. The Morgan fingerprint density at radius 3 is 3.00 bits per heavy atom. The van der Waals surface area contributed by atoms with E-state index in [0.29, 0.717) is 6.54 Å². The monoisotopic (exact) mass is 209 g/mol. The summed E-state index contributed by atoms with van der Waals surface area (Å²) in [5, 5.41) is 9.13. The molecule has 84 valence electrons. The number of piperidine rings is 1. The Bertz CT molecular complexity index is 269. The lowest BCUT2D eigenvalue weighted by Gasteiger charge is -2.37. The third-order valence-electron chi connectivity index (χ3n) is 3.09. The number of carboxylic acids is 1. The maximum atomic E-state index is 11.1. The molecule has 3 heteroatoms. The highest BCUT2D eigenvalue weighted by molar-refractivity contribution is 5.74. The van der Waals surface area contributed by atoms with Gasteiger partial charge in [-0.05, 0) is 39.3 Å². The summed E-state index contributed by atoms with van der Waals surface area (Å²) >= 11 is 0. The van der Waals surface area contributed by atoms with E-state index in [1.165, 1.54) is 0 Å². The van der Waals surface area contributed by atoms with Crippen LogP contribution in [-0.4, -0.2) is 35.6 Å². The molecule has 1 saturated heterocycles. The first-order valence-corrected chi connectivity index (χ1v) is 5.48. The standard InChI is InChI=1S/C12H19NO2/c1-3-4-5-8-13-9-6-7-12(2,10-13)11(14)15/h1H,4-10H2,2H3,(H,14,15). The summed E-state index contributed by atoms with van der Waals surface area (Å²) in [5.41, 5.74) is -0.561. The molecule has 0 spiro atoms. The van der Waals surface area contributed by atoms with Crippen LogP contribution in [0.1, 0.15) is 32.6 Å². The van der Waals surface area contributed by atoms with E-state index in [0.717, 1.165) is 38.8 Å². The van der Waals surface area contributed by atoms with Gasteiger partial charge in [0.1, 0.15) is 0 Å². The van der Waals surface area contributed by atoms with Gasteiger partial charge in [0, 0.05) is 13.0 Å². The van der Waals surface area contributed by atoms with Crippen LogP contribution in [0.15, 0.2) is 0 Å². The van der Waals surface area contributed by atoms with Gasteiger partial charge in [-0.15, -0.1) is 12.3 Å². The Morgan fingerprint density at radius 1 is 1.67 bits per heavy atom. The summed E-state index contributed by atoms with van der Waals surface area (Å²) in [7, 11) is 0. The zero-order valence-electron chi connectivity index (χ0n) is 9.33. The maximum Gasteiger partial charge on any atom is 0.310 e. The molecule has 0 aliphatic carbocycles. The van der Waals surface area contributed by atoms with Gasteiger partial charge in [-0.2, -0.15) is 0 Å². The van der Waals surface area contributed by atoms with Crippen LogP contribution >= 0.6 is 0 Å². The third kappa shape index (κ3) is 3.24. The van der Waals surface area contributed by atoms with Crippen molar-refractivity contribution >= 4 is 5.97 Å². The van der Waals surface area contributed by atoms with Gasteiger partial charge in [0.25, 0.3) is 0 Å². The molecule has 1 heterocycles. The molecule has 0 aromatic heterocycles. The fraction of sp³-hybridized carbons (Fsp3) is 0.750. The Balaban J connectivity index is 2.42. The number of carboxylic acid groups (broad SMARTS) is 1. The lowest BCUT2D eigenvalue weighted by molar-refractivity contribution is -0.151. The van der Waals surface area contributed by atoms with E-state index < -0.39 is 11.4 Å². The van der Waals surface area contributed by atoms with Crippen LogP contribution in [0.25, 0.3) is 0 Å². The van der Waals surface area contributed by atoms with Crippen molar-refractivity contribution in [3.05, 3.63) is 0 Å². The lowest BCUT2D eigenvalue weighted by Crippen LogP contribution is -2.46. The largest absolute Gasteiger partial charge is 0.481 e. The number of unbranched alkanes of at least 4 members (excludes halogenated alkanes) is 1. The van der Waals surface area contributed by atoms with Crippen LogP contribution in [0.2, 0.25) is 0 Å². The molecule has 1 N–H and O–H groups in total. The molecule has 0 saturated carbocycles. The number of rotatable bonds is 4. The minimum atomic E-state index is -0.677. The van der Waals surface area contributed by atoms with Crippen molar-refractivity contribution in [2.75, 3.05) is 19.6 Å². The Morgan fingerprint density at radius 2 is 2.40 bits per heavy atom. The van der Waals surface area contributed by atoms with E-state index in [4.69, 9.17) is 11.5 Å². The molecule has 0 aromatic carbocycles. The van der Waals surface area contributed by atoms with Crippen LogP contribution in [0.4, 0.5) is 0 Å². The number of hydrogen-bond acceptors (Lipinski definition) is 2. The average Bonchev–Trinajstić information content (AvgIpc) is 2.18. The van der Waals surface area contributed by atoms with Gasteiger partial charge in [0.2, 0.25) is 0 Å². The minimum Gasteiger partial charge on any atom is -0.481 e. The van der Waals surface area contributed by atoms with Gasteiger partial charge in [0.15, 0.2) is 0 Å². The molecular weight excluding hydrogens is 190 g/mol. The molecule has 3 nitrogen and oxygen atoms in total. The quantitative estimate of drug-likeness (QED) is 0.564. The molecule has 1 fully saturated rings. The summed E-state index contributed by atoms with van der Waals surface area (Å²) in [6, 6.07) is 0. The van der Waals surface area contributed by atoms with E-state index in [1.807, 2.05) is 6.92 Å².